The third-order valence-electron chi connectivity index (χ3n) is 3.14. The fraction of sp³-hybridized carbons (Fsp3) is 0.769. The van der Waals surface area contributed by atoms with Gasteiger partial charge in [-0.15, -0.1) is 0 Å². The Morgan fingerprint density at radius 2 is 1.89 bits per heavy atom. The van der Waals surface area contributed by atoms with Crippen LogP contribution in [0.1, 0.15) is 34.6 Å². The standard InChI is InChI=1S/C13H25FO3Si/c1-8-16-12(15)11(14)9-10(2)17-18(6,7)13(3,4)5/h9-10H,8H2,1-7H3/b11-9+/t10-/m0/s1. The molecule has 3 nitrogen and oxygen atoms in total. The van der Waals surface area contributed by atoms with Crippen molar-refractivity contribution in [3.05, 3.63) is 11.9 Å². The molecule has 0 aliphatic carbocycles. The van der Waals surface area contributed by atoms with Crippen LogP contribution in [0.25, 0.3) is 0 Å². The van der Waals surface area contributed by atoms with Crippen LogP contribution in [0.2, 0.25) is 18.1 Å². The summed E-state index contributed by atoms with van der Waals surface area (Å²) in [5.41, 5.74) is 0. The second-order valence-electron chi connectivity index (χ2n) is 5.82. The van der Waals surface area contributed by atoms with Crippen molar-refractivity contribution in [3.63, 3.8) is 0 Å². The fourth-order valence-corrected chi connectivity index (χ4v) is 2.50. The minimum atomic E-state index is -1.95. The minimum absolute atomic E-state index is 0.0511. The van der Waals surface area contributed by atoms with Gasteiger partial charge in [-0.05, 0) is 38.1 Å². The zero-order chi connectivity index (χ0) is 14.6. The quantitative estimate of drug-likeness (QED) is 0.435. The molecule has 0 saturated heterocycles. The van der Waals surface area contributed by atoms with E-state index in [2.05, 4.69) is 38.6 Å². The van der Waals surface area contributed by atoms with Crippen LogP contribution >= 0.6 is 0 Å². The Kier molecular flexibility index (Phi) is 6.23. The summed E-state index contributed by atoms with van der Waals surface area (Å²) < 4.78 is 23.9. The lowest BCUT2D eigenvalue weighted by atomic mass is 10.2. The van der Waals surface area contributed by atoms with E-state index in [0.29, 0.717) is 0 Å². The fourth-order valence-electron chi connectivity index (χ4n) is 1.15. The van der Waals surface area contributed by atoms with Crippen molar-refractivity contribution in [2.75, 3.05) is 6.61 Å². The van der Waals surface area contributed by atoms with E-state index < -0.39 is 26.2 Å². The van der Waals surface area contributed by atoms with Gasteiger partial charge in [-0.1, -0.05) is 20.8 Å². The van der Waals surface area contributed by atoms with E-state index in [0.717, 1.165) is 0 Å². The molecule has 0 saturated carbocycles. The average molecular weight is 276 g/mol. The average Bonchev–Trinajstić information content (AvgIpc) is 2.14. The Morgan fingerprint density at radius 3 is 2.28 bits per heavy atom. The van der Waals surface area contributed by atoms with Crippen molar-refractivity contribution >= 4 is 14.3 Å². The molecule has 0 aliphatic rings. The highest BCUT2D eigenvalue weighted by atomic mass is 28.4. The largest absolute Gasteiger partial charge is 0.461 e. The molecular weight excluding hydrogens is 251 g/mol. The van der Waals surface area contributed by atoms with Gasteiger partial charge >= 0.3 is 5.97 Å². The number of rotatable bonds is 5. The van der Waals surface area contributed by atoms with E-state index in [-0.39, 0.29) is 11.6 Å². The maximum Gasteiger partial charge on any atom is 0.366 e. The Bertz CT molecular complexity index is 319. The molecule has 0 radical (unpaired) electrons. The van der Waals surface area contributed by atoms with Gasteiger partial charge in [-0.3, -0.25) is 0 Å². The van der Waals surface area contributed by atoms with E-state index >= 15 is 0 Å². The number of halogens is 1. The third-order valence-corrected chi connectivity index (χ3v) is 7.71. The van der Waals surface area contributed by atoms with Gasteiger partial charge in [0.15, 0.2) is 8.32 Å². The second kappa shape index (κ2) is 6.47. The second-order valence-corrected chi connectivity index (χ2v) is 10.6. The van der Waals surface area contributed by atoms with Crippen molar-refractivity contribution < 1.29 is 18.3 Å². The van der Waals surface area contributed by atoms with E-state index in [9.17, 15) is 9.18 Å². The SMILES string of the molecule is CCOC(=O)/C(F)=C\[C@H](C)O[Si](C)(C)C(C)(C)C. The lowest BCUT2D eigenvalue weighted by molar-refractivity contribution is -0.140. The molecule has 5 heteroatoms. The van der Waals surface area contributed by atoms with E-state index in [1.165, 1.54) is 6.08 Å². The summed E-state index contributed by atoms with van der Waals surface area (Å²) in [7, 11) is -1.95. The van der Waals surface area contributed by atoms with Crippen LogP contribution in [0.15, 0.2) is 11.9 Å². The van der Waals surface area contributed by atoms with Gasteiger partial charge in [0, 0.05) is 0 Å². The first-order valence-corrected chi connectivity index (χ1v) is 9.14. The van der Waals surface area contributed by atoms with E-state index in [1.54, 1.807) is 13.8 Å². The topological polar surface area (TPSA) is 35.5 Å². The summed E-state index contributed by atoms with van der Waals surface area (Å²) in [5.74, 6) is -1.81. The molecule has 0 amide bonds. The van der Waals surface area contributed by atoms with Crippen LogP contribution in [0.3, 0.4) is 0 Å². The molecule has 0 unspecified atom stereocenters. The van der Waals surface area contributed by atoms with Gasteiger partial charge < -0.3 is 9.16 Å². The molecule has 0 aromatic heterocycles. The third kappa shape index (κ3) is 5.31. The highest BCUT2D eigenvalue weighted by Crippen LogP contribution is 2.37. The molecule has 0 heterocycles. The molecule has 0 fully saturated rings. The monoisotopic (exact) mass is 276 g/mol. The number of hydrogen-bond acceptors (Lipinski definition) is 3. The molecule has 0 rings (SSSR count). The molecule has 106 valence electrons. The number of ether oxygens (including phenoxy) is 1. The van der Waals surface area contributed by atoms with Crippen LogP contribution in [-0.2, 0) is 14.0 Å². The highest BCUT2D eigenvalue weighted by Gasteiger charge is 2.38. The lowest BCUT2D eigenvalue weighted by Gasteiger charge is -2.37. The van der Waals surface area contributed by atoms with Crippen LogP contribution in [0, 0.1) is 0 Å². The normalized spacial score (nSPS) is 15.4. The molecule has 0 bridgehead atoms. The summed E-state index contributed by atoms with van der Waals surface area (Å²) in [6, 6.07) is 0. The molecule has 0 aromatic carbocycles. The van der Waals surface area contributed by atoms with E-state index in [4.69, 9.17) is 4.43 Å². The number of carbonyl (C=O) groups is 1. The molecule has 1 atom stereocenters. The smallest absolute Gasteiger partial charge is 0.366 e. The van der Waals surface area contributed by atoms with Crippen LogP contribution < -0.4 is 0 Å². The number of hydrogen-bond donors (Lipinski definition) is 0. The predicted octanol–water partition coefficient (Wildman–Crippen LogP) is 3.81. The number of carbonyl (C=O) groups excluding carboxylic acids is 1. The molecule has 18 heavy (non-hydrogen) atoms. The maximum absolute atomic E-state index is 13.4. The summed E-state index contributed by atoms with van der Waals surface area (Å²) in [6.07, 6.45) is 0.744. The van der Waals surface area contributed by atoms with Crippen LogP contribution in [-0.4, -0.2) is 27.0 Å². The van der Waals surface area contributed by atoms with Gasteiger partial charge in [0.2, 0.25) is 5.83 Å². The molecule has 0 spiro atoms. The Labute approximate surface area is 110 Å². The van der Waals surface area contributed by atoms with Gasteiger partial charge in [0.1, 0.15) is 0 Å². The zero-order valence-corrected chi connectivity index (χ0v) is 13.5. The van der Waals surface area contributed by atoms with Crippen molar-refractivity contribution in [2.24, 2.45) is 0 Å². The molecule has 0 aromatic rings. The first kappa shape index (κ1) is 17.3. The Balaban J connectivity index is 4.65. The van der Waals surface area contributed by atoms with Crippen molar-refractivity contribution in [1.29, 1.82) is 0 Å². The van der Waals surface area contributed by atoms with Crippen LogP contribution in [0.4, 0.5) is 4.39 Å². The summed E-state index contributed by atoms with van der Waals surface area (Å²) in [4.78, 5) is 11.1. The lowest BCUT2D eigenvalue weighted by Crippen LogP contribution is -2.43. The predicted molar refractivity (Wildman–Crippen MR) is 73.6 cm³/mol. The van der Waals surface area contributed by atoms with Crippen LogP contribution in [0.5, 0.6) is 0 Å². The minimum Gasteiger partial charge on any atom is -0.461 e. The summed E-state index contributed by atoms with van der Waals surface area (Å²) in [6.45, 7) is 14.0. The van der Waals surface area contributed by atoms with Gasteiger partial charge in [0.25, 0.3) is 0 Å². The van der Waals surface area contributed by atoms with Crippen molar-refractivity contribution in [1.82, 2.24) is 0 Å². The first-order chi connectivity index (χ1) is 8.01. The summed E-state index contributed by atoms with van der Waals surface area (Å²) in [5, 5.41) is 0.0511. The Morgan fingerprint density at radius 1 is 1.39 bits per heavy atom. The van der Waals surface area contributed by atoms with Gasteiger partial charge in [-0.25, -0.2) is 4.79 Å². The Hall–Kier alpha value is -0.683. The zero-order valence-electron chi connectivity index (χ0n) is 12.5. The van der Waals surface area contributed by atoms with Crippen molar-refractivity contribution in [3.8, 4) is 0 Å². The van der Waals surface area contributed by atoms with Crippen molar-refractivity contribution in [2.45, 2.75) is 58.9 Å². The first-order valence-electron chi connectivity index (χ1n) is 6.23. The maximum atomic E-state index is 13.4. The molecule has 0 N–H and O–H groups in total. The summed E-state index contributed by atoms with van der Waals surface area (Å²) >= 11 is 0. The highest BCUT2D eigenvalue weighted by molar-refractivity contribution is 6.74. The molecular formula is C13H25FO3Si. The molecule has 0 aliphatic heterocycles. The number of esters is 1. The van der Waals surface area contributed by atoms with Gasteiger partial charge in [0.05, 0.1) is 12.7 Å². The van der Waals surface area contributed by atoms with Gasteiger partial charge in [-0.2, -0.15) is 4.39 Å². The van der Waals surface area contributed by atoms with E-state index in [1.807, 2.05) is 0 Å².